The highest BCUT2D eigenvalue weighted by atomic mass is 19.3. The van der Waals surface area contributed by atoms with Gasteiger partial charge in [0.15, 0.2) is 0 Å². The monoisotopic (exact) mass is 269 g/mol. The van der Waals surface area contributed by atoms with Crippen LogP contribution in [-0.4, -0.2) is 6.54 Å². The molecular weight excluding hydrogens is 244 g/mol. The van der Waals surface area contributed by atoms with Gasteiger partial charge in [-0.15, -0.1) is 0 Å². The first-order chi connectivity index (χ1) is 8.66. The van der Waals surface area contributed by atoms with Gasteiger partial charge in [-0.1, -0.05) is 52.0 Å². The smallest absolute Gasteiger partial charge is 0.273 e. The molecule has 1 aromatic carbocycles. The average molecular weight is 269 g/mol. The van der Waals surface area contributed by atoms with Crippen LogP contribution < -0.4 is 5.73 Å². The minimum Gasteiger partial charge on any atom is -0.330 e. The van der Waals surface area contributed by atoms with Crippen molar-refractivity contribution in [3.8, 4) is 0 Å². The van der Waals surface area contributed by atoms with Gasteiger partial charge in [0.05, 0.1) is 0 Å². The molecule has 0 aromatic heterocycles. The van der Waals surface area contributed by atoms with Crippen molar-refractivity contribution in [3.63, 3.8) is 0 Å². The van der Waals surface area contributed by atoms with Crippen LogP contribution in [0.3, 0.4) is 0 Å². The van der Waals surface area contributed by atoms with Gasteiger partial charge in [0, 0.05) is 12.0 Å². The van der Waals surface area contributed by atoms with E-state index in [0.29, 0.717) is 6.54 Å². The maximum Gasteiger partial charge on any atom is 0.273 e. The van der Waals surface area contributed by atoms with Crippen molar-refractivity contribution in [3.05, 3.63) is 35.4 Å². The van der Waals surface area contributed by atoms with E-state index < -0.39 is 5.92 Å². The van der Waals surface area contributed by atoms with Crippen molar-refractivity contribution in [2.45, 2.75) is 46.5 Å². The Morgan fingerprint density at radius 1 is 1.11 bits per heavy atom. The van der Waals surface area contributed by atoms with Crippen LogP contribution in [0.2, 0.25) is 0 Å². The predicted octanol–water partition coefficient (Wildman–Crippen LogP) is 4.35. The molecule has 1 rings (SSSR count). The van der Waals surface area contributed by atoms with Gasteiger partial charge in [0.1, 0.15) is 0 Å². The number of rotatable bonds is 6. The molecule has 0 heterocycles. The summed E-state index contributed by atoms with van der Waals surface area (Å²) in [6.07, 6.45) is 0.695. The molecule has 0 radical (unpaired) electrons. The molecule has 0 spiro atoms. The van der Waals surface area contributed by atoms with Crippen LogP contribution in [0.25, 0.3) is 0 Å². The first-order valence-electron chi connectivity index (χ1n) is 6.83. The maximum atomic E-state index is 13.9. The Labute approximate surface area is 115 Å². The number of halogens is 2. The third-order valence-corrected chi connectivity index (χ3v) is 3.28. The minimum absolute atomic E-state index is 0.00195. The fourth-order valence-corrected chi connectivity index (χ4v) is 2.12. The van der Waals surface area contributed by atoms with Crippen LogP contribution in [0.4, 0.5) is 8.78 Å². The first-order valence-corrected chi connectivity index (χ1v) is 6.83. The SMILES string of the molecule is CC(C)CC(F)(F)c1ccc(CC(C)(C)CN)cc1. The van der Waals surface area contributed by atoms with E-state index in [1.165, 1.54) is 0 Å². The van der Waals surface area contributed by atoms with E-state index in [-0.39, 0.29) is 23.3 Å². The van der Waals surface area contributed by atoms with E-state index in [9.17, 15) is 8.78 Å². The molecule has 108 valence electrons. The Hall–Kier alpha value is -0.960. The fourth-order valence-electron chi connectivity index (χ4n) is 2.12. The summed E-state index contributed by atoms with van der Waals surface area (Å²) >= 11 is 0. The highest BCUT2D eigenvalue weighted by Gasteiger charge is 2.32. The molecule has 0 atom stereocenters. The third-order valence-electron chi connectivity index (χ3n) is 3.28. The molecule has 0 aliphatic carbocycles. The van der Waals surface area contributed by atoms with Gasteiger partial charge in [0.25, 0.3) is 5.92 Å². The van der Waals surface area contributed by atoms with Crippen LogP contribution in [0.1, 0.15) is 45.2 Å². The number of benzene rings is 1. The molecule has 3 heteroatoms. The Morgan fingerprint density at radius 2 is 1.63 bits per heavy atom. The summed E-state index contributed by atoms with van der Waals surface area (Å²) < 4.78 is 27.8. The van der Waals surface area contributed by atoms with Gasteiger partial charge in [-0.3, -0.25) is 0 Å². The molecule has 0 bridgehead atoms. The van der Waals surface area contributed by atoms with Crippen LogP contribution >= 0.6 is 0 Å². The lowest BCUT2D eigenvalue weighted by molar-refractivity contribution is -0.0249. The van der Waals surface area contributed by atoms with Gasteiger partial charge in [-0.25, -0.2) is 8.78 Å². The summed E-state index contributed by atoms with van der Waals surface area (Å²) in [6.45, 7) is 8.36. The van der Waals surface area contributed by atoms with Gasteiger partial charge in [-0.2, -0.15) is 0 Å². The average Bonchev–Trinajstić information content (AvgIpc) is 2.27. The lowest BCUT2D eigenvalue weighted by Crippen LogP contribution is -2.26. The highest BCUT2D eigenvalue weighted by molar-refractivity contribution is 5.26. The van der Waals surface area contributed by atoms with Crippen molar-refractivity contribution in [2.75, 3.05) is 6.54 Å². The first kappa shape index (κ1) is 16.1. The van der Waals surface area contributed by atoms with Crippen LogP contribution in [-0.2, 0) is 12.3 Å². The summed E-state index contributed by atoms with van der Waals surface area (Å²) in [6, 6.07) is 6.68. The minimum atomic E-state index is -2.74. The lowest BCUT2D eigenvalue weighted by Gasteiger charge is -2.23. The van der Waals surface area contributed by atoms with Gasteiger partial charge >= 0.3 is 0 Å². The molecule has 0 saturated carbocycles. The van der Waals surface area contributed by atoms with E-state index in [1.54, 1.807) is 24.3 Å². The Morgan fingerprint density at radius 3 is 2.05 bits per heavy atom. The van der Waals surface area contributed by atoms with E-state index in [0.717, 1.165) is 12.0 Å². The molecule has 2 N–H and O–H groups in total. The summed E-state index contributed by atoms with van der Waals surface area (Å²) in [7, 11) is 0. The summed E-state index contributed by atoms with van der Waals surface area (Å²) in [4.78, 5) is 0. The largest absolute Gasteiger partial charge is 0.330 e. The predicted molar refractivity (Wildman–Crippen MR) is 76.3 cm³/mol. The second-order valence-electron chi connectivity index (χ2n) is 6.54. The van der Waals surface area contributed by atoms with Gasteiger partial charge in [-0.05, 0) is 29.9 Å². The zero-order valence-electron chi connectivity index (χ0n) is 12.3. The van der Waals surface area contributed by atoms with Crippen LogP contribution in [0.5, 0.6) is 0 Å². The van der Waals surface area contributed by atoms with E-state index >= 15 is 0 Å². The number of nitrogens with two attached hydrogens (primary N) is 1. The van der Waals surface area contributed by atoms with Crippen molar-refractivity contribution < 1.29 is 8.78 Å². The molecule has 1 nitrogen and oxygen atoms in total. The summed E-state index contributed by atoms with van der Waals surface area (Å²) in [5.74, 6) is -2.76. The Bertz CT molecular complexity index is 394. The topological polar surface area (TPSA) is 26.0 Å². The Balaban J connectivity index is 2.82. The molecule has 0 saturated heterocycles. The quantitative estimate of drug-likeness (QED) is 0.816. The summed E-state index contributed by atoms with van der Waals surface area (Å²) in [5.41, 5.74) is 6.85. The van der Waals surface area contributed by atoms with Crippen molar-refractivity contribution in [2.24, 2.45) is 17.1 Å². The Kier molecular flexibility index (Phi) is 5.08. The zero-order chi connectivity index (χ0) is 14.7. The molecular formula is C16H25F2N. The molecule has 0 amide bonds. The number of hydrogen-bond donors (Lipinski definition) is 1. The zero-order valence-corrected chi connectivity index (χ0v) is 12.3. The second kappa shape index (κ2) is 6.00. The highest BCUT2D eigenvalue weighted by Crippen LogP contribution is 2.35. The number of hydrogen-bond acceptors (Lipinski definition) is 1. The van der Waals surface area contributed by atoms with Crippen molar-refractivity contribution >= 4 is 0 Å². The molecule has 0 unspecified atom stereocenters. The van der Waals surface area contributed by atoms with Crippen molar-refractivity contribution in [1.82, 2.24) is 0 Å². The van der Waals surface area contributed by atoms with E-state index in [1.807, 2.05) is 13.8 Å². The summed E-state index contributed by atoms with van der Waals surface area (Å²) in [5, 5.41) is 0. The number of alkyl halides is 2. The third kappa shape index (κ3) is 4.90. The molecule has 0 aliphatic heterocycles. The normalized spacial score (nSPS) is 13.1. The van der Waals surface area contributed by atoms with Crippen LogP contribution in [0, 0.1) is 11.3 Å². The molecule has 19 heavy (non-hydrogen) atoms. The fraction of sp³-hybridized carbons (Fsp3) is 0.625. The standard InChI is InChI=1S/C16H25F2N/c1-12(2)9-16(17,18)14-7-5-13(6-8-14)10-15(3,4)11-19/h5-8,12H,9-11,19H2,1-4H3. The van der Waals surface area contributed by atoms with Crippen LogP contribution in [0.15, 0.2) is 24.3 Å². The van der Waals surface area contributed by atoms with Crippen molar-refractivity contribution in [1.29, 1.82) is 0 Å². The van der Waals surface area contributed by atoms with E-state index in [2.05, 4.69) is 13.8 Å². The lowest BCUT2D eigenvalue weighted by atomic mass is 9.85. The second-order valence-corrected chi connectivity index (χ2v) is 6.54. The van der Waals surface area contributed by atoms with Gasteiger partial charge in [0.2, 0.25) is 0 Å². The van der Waals surface area contributed by atoms with E-state index in [4.69, 9.17) is 5.73 Å². The molecule has 1 aromatic rings. The van der Waals surface area contributed by atoms with Gasteiger partial charge < -0.3 is 5.73 Å². The molecule has 0 fully saturated rings. The molecule has 0 aliphatic rings. The maximum absolute atomic E-state index is 13.9.